The van der Waals surface area contributed by atoms with Gasteiger partial charge in [-0.3, -0.25) is 4.79 Å². The van der Waals surface area contributed by atoms with Gasteiger partial charge in [-0.25, -0.2) is 4.39 Å². The standard InChI is InChI=1S/C15H12FN5O/c16-12-3-1-2-10(8-12)9-14(22)17-13-6-4-11(5-7-13)15-18-20-21-19-15/h1-8H,9H2,(H,17,22)(H,18,19,20,21). The fourth-order valence-electron chi connectivity index (χ4n) is 2.02. The van der Waals surface area contributed by atoms with Gasteiger partial charge in [0.2, 0.25) is 11.7 Å². The number of anilines is 1. The molecule has 110 valence electrons. The van der Waals surface area contributed by atoms with E-state index in [2.05, 4.69) is 25.9 Å². The largest absolute Gasteiger partial charge is 0.326 e. The molecule has 22 heavy (non-hydrogen) atoms. The summed E-state index contributed by atoms with van der Waals surface area (Å²) in [6.45, 7) is 0. The van der Waals surface area contributed by atoms with Crippen molar-refractivity contribution in [2.45, 2.75) is 6.42 Å². The predicted molar refractivity (Wildman–Crippen MR) is 78.3 cm³/mol. The number of halogens is 1. The molecule has 0 saturated heterocycles. The van der Waals surface area contributed by atoms with E-state index in [1.807, 2.05) is 0 Å². The summed E-state index contributed by atoms with van der Waals surface area (Å²) in [7, 11) is 0. The summed E-state index contributed by atoms with van der Waals surface area (Å²) >= 11 is 0. The number of carbonyl (C=O) groups excluding carboxylic acids is 1. The van der Waals surface area contributed by atoms with Crippen molar-refractivity contribution in [1.29, 1.82) is 0 Å². The smallest absolute Gasteiger partial charge is 0.228 e. The molecule has 2 N–H and O–H groups in total. The highest BCUT2D eigenvalue weighted by molar-refractivity contribution is 5.92. The van der Waals surface area contributed by atoms with Gasteiger partial charge in [0, 0.05) is 11.3 Å². The lowest BCUT2D eigenvalue weighted by atomic mass is 10.1. The van der Waals surface area contributed by atoms with Gasteiger partial charge in [0.05, 0.1) is 6.42 Å². The number of nitrogens with zero attached hydrogens (tertiary/aromatic N) is 3. The number of amides is 1. The molecule has 1 aromatic heterocycles. The minimum absolute atomic E-state index is 0.115. The number of H-pyrrole nitrogens is 1. The molecule has 0 bridgehead atoms. The van der Waals surface area contributed by atoms with E-state index in [-0.39, 0.29) is 18.1 Å². The number of hydrogen-bond donors (Lipinski definition) is 2. The topological polar surface area (TPSA) is 83.6 Å². The highest BCUT2D eigenvalue weighted by Crippen LogP contribution is 2.17. The summed E-state index contributed by atoms with van der Waals surface area (Å²) < 4.78 is 13.1. The lowest BCUT2D eigenvalue weighted by Gasteiger charge is -2.06. The van der Waals surface area contributed by atoms with Crippen molar-refractivity contribution in [2.24, 2.45) is 0 Å². The average molecular weight is 297 g/mol. The maximum atomic E-state index is 13.1. The van der Waals surface area contributed by atoms with Crippen LogP contribution in [0.5, 0.6) is 0 Å². The van der Waals surface area contributed by atoms with Crippen LogP contribution in [-0.2, 0) is 11.2 Å². The molecule has 0 saturated carbocycles. The van der Waals surface area contributed by atoms with Gasteiger partial charge in [0.15, 0.2) is 0 Å². The zero-order valence-corrected chi connectivity index (χ0v) is 11.5. The number of rotatable bonds is 4. The molecule has 0 aliphatic heterocycles. The van der Waals surface area contributed by atoms with E-state index in [9.17, 15) is 9.18 Å². The minimum Gasteiger partial charge on any atom is -0.326 e. The van der Waals surface area contributed by atoms with Crippen LogP contribution >= 0.6 is 0 Å². The van der Waals surface area contributed by atoms with Crippen LogP contribution in [0.1, 0.15) is 5.56 Å². The van der Waals surface area contributed by atoms with Crippen LogP contribution in [0.4, 0.5) is 10.1 Å². The summed E-state index contributed by atoms with van der Waals surface area (Å²) in [5, 5.41) is 16.4. The molecule has 0 fully saturated rings. The van der Waals surface area contributed by atoms with Gasteiger partial charge in [0.25, 0.3) is 0 Å². The average Bonchev–Trinajstić information content (AvgIpc) is 3.02. The van der Waals surface area contributed by atoms with Crippen molar-refractivity contribution in [3.63, 3.8) is 0 Å². The Balaban J connectivity index is 1.64. The maximum absolute atomic E-state index is 13.1. The monoisotopic (exact) mass is 297 g/mol. The normalized spacial score (nSPS) is 10.4. The second-order valence-electron chi connectivity index (χ2n) is 4.67. The Bertz CT molecular complexity index is 771. The Labute approximate surface area is 125 Å². The fraction of sp³-hybridized carbons (Fsp3) is 0.0667. The van der Waals surface area contributed by atoms with Gasteiger partial charge >= 0.3 is 0 Å². The molecule has 0 unspecified atom stereocenters. The van der Waals surface area contributed by atoms with Gasteiger partial charge in [-0.15, -0.1) is 10.2 Å². The first-order valence-electron chi connectivity index (χ1n) is 6.59. The molecular weight excluding hydrogens is 285 g/mol. The van der Waals surface area contributed by atoms with Gasteiger partial charge in [-0.05, 0) is 47.2 Å². The van der Waals surface area contributed by atoms with Gasteiger partial charge < -0.3 is 5.32 Å². The van der Waals surface area contributed by atoms with E-state index in [0.717, 1.165) is 5.56 Å². The molecule has 7 heteroatoms. The van der Waals surface area contributed by atoms with Crippen LogP contribution in [0.3, 0.4) is 0 Å². The van der Waals surface area contributed by atoms with Crippen molar-refractivity contribution in [3.8, 4) is 11.4 Å². The summed E-state index contributed by atoms with van der Waals surface area (Å²) in [5.41, 5.74) is 2.06. The van der Waals surface area contributed by atoms with Crippen LogP contribution in [0.25, 0.3) is 11.4 Å². The van der Waals surface area contributed by atoms with Crippen molar-refractivity contribution in [1.82, 2.24) is 20.6 Å². The maximum Gasteiger partial charge on any atom is 0.228 e. The first-order valence-corrected chi connectivity index (χ1v) is 6.59. The first-order chi connectivity index (χ1) is 10.7. The van der Waals surface area contributed by atoms with Crippen molar-refractivity contribution in [2.75, 3.05) is 5.32 Å². The molecule has 0 aliphatic carbocycles. The molecule has 1 heterocycles. The second kappa shape index (κ2) is 6.13. The molecule has 0 aliphatic rings. The number of nitrogens with one attached hydrogen (secondary N) is 2. The van der Waals surface area contributed by atoms with Crippen LogP contribution in [-0.4, -0.2) is 26.5 Å². The number of tetrazole rings is 1. The Hall–Kier alpha value is -3.09. The quantitative estimate of drug-likeness (QED) is 0.773. The molecule has 6 nitrogen and oxygen atoms in total. The lowest BCUT2D eigenvalue weighted by Crippen LogP contribution is -2.14. The molecule has 0 spiro atoms. The van der Waals surface area contributed by atoms with Gasteiger partial charge in [-0.1, -0.05) is 12.1 Å². The van der Waals surface area contributed by atoms with E-state index in [4.69, 9.17) is 0 Å². The zero-order chi connectivity index (χ0) is 15.4. The van der Waals surface area contributed by atoms with E-state index in [0.29, 0.717) is 17.1 Å². The fourth-order valence-corrected chi connectivity index (χ4v) is 2.02. The van der Waals surface area contributed by atoms with Gasteiger partial charge in [0.1, 0.15) is 5.82 Å². The van der Waals surface area contributed by atoms with Crippen molar-refractivity contribution >= 4 is 11.6 Å². The number of hydrogen-bond acceptors (Lipinski definition) is 4. The number of carbonyl (C=O) groups is 1. The molecule has 1 amide bonds. The summed E-state index contributed by atoms with van der Waals surface area (Å²) in [4.78, 5) is 11.9. The summed E-state index contributed by atoms with van der Waals surface area (Å²) in [6, 6.07) is 13.0. The van der Waals surface area contributed by atoms with Crippen LogP contribution in [0.2, 0.25) is 0 Å². The third-order valence-corrected chi connectivity index (χ3v) is 3.03. The van der Waals surface area contributed by atoms with Crippen molar-refractivity contribution < 1.29 is 9.18 Å². The van der Waals surface area contributed by atoms with Crippen molar-refractivity contribution in [3.05, 3.63) is 59.9 Å². The molecule has 2 aromatic carbocycles. The van der Waals surface area contributed by atoms with E-state index >= 15 is 0 Å². The SMILES string of the molecule is O=C(Cc1cccc(F)c1)Nc1ccc(-c2nn[nH]n2)cc1. The predicted octanol–water partition coefficient (Wildman–Crippen LogP) is 2.19. The third kappa shape index (κ3) is 3.32. The Morgan fingerprint density at radius 1 is 1.18 bits per heavy atom. The molecule has 0 radical (unpaired) electrons. The molecule has 3 rings (SSSR count). The number of benzene rings is 2. The van der Waals surface area contributed by atoms with Gasteiger partial charge in [-0.2, -0.15) is 5.21 Å². The lowest BCUT2D eigenvalue weighted by molar-refractivity contribution is -0.115. The van der Waals surface area contributed by atoms with E-state index < -0.39 is 0 Å². The Kier molecular flexibility index (Phi) is 3.86. The number of aromatic amines is 1. The molecular formula is C15H12FN5O. The molecule has 0 atom stereocenters. The third-order valence-electron chi connectivity index (χ3n) is 3.03. The summed E-state index contributed by atoms with van der Waals surface area (Å²) in [6.07, 6.45) is 0.115. The molecule has 3 aromatic rings. The highest BCUT2D eigenvalue weighted by Gasteiger charge is 2.06. The summed E-state index contributed by atoms with van der Waals surface area (Å²) in [5.74, 6) is -0.0784. The zero-order valence-electron chi connectivity index (χ0n) is 11.5. The van der Waals surface area contributed by atoms with E-state index in [1.165, 1.54) is 12.1 Å². The Morgan fingerprint density at radius 2 is 2.00 bits per heavy atom. The first kappa shape index (κ1) is 13.9. The second-order valence-corrected chi connectivity index (χ2v) is 4.67. The minimum atomic E-state index is -0.352. The van der Waals surface area contributed by atoms with Crippen LogP contribution in [0, 0.1) is 5.82 Å². The van der Waals surface area contributed by atoms with Crippen LogP contribution < -0.4 is 5.32 Å². The van der Waals surface area contributed by atoms with Crippen LogP contribution in [0.15, 0.2) is 48.5 Å². The highest BCUT2D eigenvalue weighted by atomic mass is 19.1. The van der Waals surface area contributed by atoms with E-state index in [1.54, 1.807) is 36.4 Å². The Morgan fingerprint density at radius 3 is 2.68 bits per heavy atom. The number of aromatic nitrogens is 4.